The van der Waals surface area contributed by atoms with Gasteiger partial charge in [-0.05, 0) is 60.5 Å². The topological polar surface area (TPSA) is 175 Å². The van der Waals surface area contributed by atoms with Gasteiger partial charge in [-0.1, -0.05) is 79.9 Å². The van der Waals surface area contributed by atoms with Gasteiger partial charge in [0.2, 0.25) is 5.91 Å². The number of carbonyl (C=O) groups is 3. The fourth-order valence-electron chi connectivity index (χ4n) is 6.67. The van der Waals surface area contributed by atoms with Gasteiger partial charge in [-0.3, -0.25) is 14.3 Å². The van der Waals surface area contributed by atoms with Gasteiger partial charge >= 0.3 is 5.97 Å². The molecule has 0 unspecified atom stereocenters. The zero-order valence-corrected chi connectivity index (χ0v) is 30.8. The third kappa shape index (κ3) is 11.6. The number of aliphatic carboxylic acids is 1. The Hall–Kier alpha value is -5.24. The SMILES string of the molecule is Cn1cc(-c2ccc(CCOCCC(=O)N(CCNCCc3ccc(O)c4c3OCC(=O)N4)C3CCCCC3)cc2)cn1.O=C(O)[C@@H](O)c1ccccc1. The molecule has 0 radical (unpaired) electrons. The van der Waals surface area contributed by atoms with Gasteiger partial charge in [-0.25, -0.2) is 4.79 Å². The van der Waals surface area contributed by atoms with Gasteiger partial charge in [0.15, 0.2) is 18.5 Å². The van der Waals surface area contributed by atoms with E-state index in [-0.39, 0.29) is 24.2 Å². The van der Waals surface area contributed by atoms with E-state index >= 15 is 0 Å². The summed E-state index contributed by atoms with van der Waals surface area (Å²) in [5.41, 5.74) is 5.11. The summed E-state index contributed by atoms with van der Waals surface area (Å²) in [5, 5.41) is 37.8. The van der Waals surface area contributed by atoms with Crippen molar-refractivity contribution in [2.24, 2.45) is 7.05 Å². The number of ether oxygens (including phenoxy) is 2. The zero-order chi connectivity index (χ0) is 38.3. The van der Waals surface area contributed by atoms with Gasteiger partial charge in [-0.15, -0.1) is 0 Å². The number of aliphatic hydroxyl groups is 1. The number of phenols is 1. The number of nitrogens with one attached hydrogen (secondary N) is 2. The number of nitrogens with zero attached hydrogens (tertiary/aromatic N) is 3. The molecule has 1 fully saturated rings. The van der Waals surface area contributed by atoms with Crippen LogP contribution in [-0.4, -0.2) is 93.3 Å². The molecular formula is C41H51N5O8. The highest BCUT2D eigenvalue weighted by Crippen LogP contribution is 2.39. The Balaban J connectivity index is 0.000000438. The number of carboxylic acid groups (broad SMARTS) is 1. The smallest absolute Gasteiger partial charge is 0.337 e. The average Bonchev–Trinajstić information content (AvgIpc) is 3.63. The predicted molar refractivity (Wildman–Crippen MR) is 204 cm³/mol. The molecule has 1 atom stereocenters. The fourth-order valence-corrected chi connectivity index (χ4v) is 6.67. The quantitative estimate of drug-likeness (QED) is 0.0787. The summed E-state index contributed by atoms with van der Waals surface area (Å²) in [6, 6.07) is 20.4. The van der Waals surface area contributed by atoms with Crippen LogP contribution in [0.5, 0.6) is 11.5 Å². The van der Waals surface area contributed by atoms with Crippen molar-refractivity contribution in [1.82, 2.24) is 20.0 Å². The highest BCUT2D eigenvalue weighted by molar-refractivity contribution is 5.97. The van der Waals surface area contributed by atoms with Gasteiger partial charge in [0.25, 0.3) is 5.91 Å². The van der Waals surface area contributed by atoms with Crippen molar-refractivity contribution in [2.45, 2.75) is 63.5 Å². The van der Waals surface area contributed by atoms with Gasteiger partial charge < -0.3 is 40.3 Å². The number of benzene rings is 3. The number of aromatic nitrogens is 2. The van der Waals surface area contributed by atoms with Crippen molar-refractivity contribution in [2.75, 3.05) is 44.8 Å². The highest BCUT2D eigenvalue weighted by Gasteiger charge is 2.25. The van der Waals surface area contributed by atoms with E-state index in [2.05, 4.69) is 44.9 Å². The fraction of sp³-hybridized carbons (Fsp3) is 0.415. The maximum atomic E-state index is 13.3. The Labute approximate surface area is 315 Å². The molecule has 0 bridgehead atoms. The number of rotatable bonds is 16. The summed E-state index contributed by atoms with van der Waals surface area (Å²) in [7, 11) is 1.91. The molecule has 54 heavy (non-hydrogen) atoms. The van der Waals surface area contributed by atoms with Crippen LogP contribution in [0, 0.1) is 0 Å². The van der Waals surface area contributed by atoms with Crippen LogP contribution < -0.4 is 15.4 Å². The standard InChI is InChI=1S/C33H43N5O5.C8H8O3/c1-37-22-27(21-35-37)25-9-7-24(8-10-25)14-19-42-20-15-31(41)38(28-5-3-2-4-6-28)18-17-34-16-13-26-11-12-29(39)32-33(26)43-23-30(40)36-32;9-7(8(10)11)6-4-2-1-3-5-6/h7-12,21-22,28,34,39H,2-6,13-20,23H2,1H3,(H,36,40);1-5,7,9H,(H,10,11)/t;7-/m.0/s1. The first-order chi connectivity index (χ1) is 26.2. The maximum absolute atomic E-state index is 13.3. The number of aromatic hydroxyl groups is 1. The molecule has 1 saturated carbocycles. The van der Waals surface area contributed by atoms with Crippen molar-refractivity contribution in [1.29, 1.82) is 0 Å². The lowest BCUT2D eigenvalue weighted by molar-refractivity contribution is -0.147. The van der Waals surface area contributed by atoms with Crippen LogP contribution in [-0.2, 0) is 39.0 Å². The summed E-state index contributed by atoms with van der Waals surface area (Å²) in [6.07, 6.45) is 10.0. The first kappa shape index (κ1) is 40.0. The van der Waals surface area contributed by atoms with Crippen molar-refractivity contribution >= 4 is 23.5 Å². The summed E-state index contributed by atoms with van der Waals surface area (Å²) in [4.78, 5) is 37.2. The largest absolute Gasteiger partial charge is 0.506 e. The third-order valence-corrected chi connectivity index (χ3v) is 9.60. The van der Waals surface area contributed by atoms with E-state index in [1.54, 1.807) is 41.1 Å². The molecule has 13 nitrogen and oxygen atoms in total. The van der Waals surface area contributed by atoms with E-state index < -0.39 is 12.1 Å². The number of anilines is 1. The van der Waals surface area contributed by atoms with Crippen LogP contribution in [0.3, 0.4) is 0 Å². The molecule has 6 rings (SSSR count). The molecule has 1 aromatic heterocycles. The maximum Gasteiger partial charge on any atom is 0.337 e. The van der Waals surface area contributed by atoms with Crippen LogP contribution in [0.25, 0.3) is 11.1 Å². The number of aryl methyl sites for hydroxylation is 1. The first-order valence-electron chi connectivity index (χ1n) is 18.6. The molecule has 2 heterocycles. The number of hydrogen-bond acceptors (Lipinski definition) is 9. The second kappa shape index (κ2) is 20.3. The molecule has 2 aliphatic rings. The third-order valence-electron chi connectivity index (χ3n) is 9.60. The van der Waals surface area contributed by atoms with Gasteiger partial charge in [0.05, 0.1) is 25.8 Å². The number of carboxylic acids is 1. The van der Waals surface area contributed by atoms with E-state index in [1.807, 2.05) is 25.5 Å². The molecule has 0 spiro atoms. The number of fused-ring (bicyclic) bond motifs is 1. The summed E-state index contributed by atoms with van der Waals surface area (Å²) >= 11 is 0. The predicted octanol–water partition coefficient (Wildman–Crippen LogP) is 4.87. The second-order valence-electron chi connectivity index (χ2n) is 13.5. The van der Waals surface area contributed by atoms with Gasteiger partial charge in [0, 0.05) is 37.9 Å². The van der Waals surface area contributed by atoms with Crippen LogP contribution >= 0.6 is 0 Å². The van der Waals surface area contributed by atoms with E-state index in [0.717, 1.165) is 36.0 Å². The van der Waals surface area contributed by atoms with E-state index in [0.29, 0.717) is 68.7 Å². The molecule has 13 heteroatoms. The molecule has 3 aromatic carbocycles. The highest BCUT2D eigenvalue weighted by atomic mass is 16.5. The Kier molecular flexibility index (Phi) is 15.0. The molecule has 5 N–H and O–H groups in total. The normalized spacial score (nSPS) is 14.5. The Morgan fingerprint density at radius 3 is 2.46 bits per heavy atom. The second-order valence-corrected chi connectivity index (χ2v) is 13.5. The van der Waals surface area contributed by atoms with E-state index in [4.69, 9.17) is 19.7 Å². The number of aliphatic hydroxyl groups excluding tert-OH is 1. The molecule has 1 aliphatic heterocycles. The lowest BCUT2D eigenvalue weighted by Crippen LogP contribution is -2.45. The van der Waals surface area contributed by atoms with Crippen LogP contribution in [0.2, 0.25) is 0 Å². The average molecular weight is 742 g/mol. The molecule has 4 aromatic rings. The van der Waals surface area contributed by atoms with Crippen molar-refractivity contribution in [3.05, 3.63) is 95.8 Å². The monoisotopic (exact) mass is 741 g/mol. The minimum atomic E-state index is -1.41. The molecular weight excluding hydrogens is 690 g/mol. The minimum absolute atomic E-state index is 0.000764. The number of phenolic OH excluding ortho intramolecular Hbond substituents is 1. The van der Waals surface area contributed by atoms with Crippen molar-refractivity contribution < 1.29 is 39.2 Å². The van der Waals surface area contributed by atoms with Crippen molar-refractivity contribution in [3.63, 3.8) is 0 Å². The van der Waals surface area contributed by atoms with E-state index in [1.165, 1.54) is 24.8 Å². The number of carbonyl (C=O) groups excluding carboxylic acids is 2. The zero-order valence-electron chi connectivity index (χ0n) is 30.8. The number of amides is 2. The number of hydrogen-bond donors (Lipinski definition) is 5. The van der Waals surface area contributed by atoms with Crippen LogP contribution in [0.4, 0.5) is 5.69 Å². The first-order valence-corrected chi connectivity index (χ1v) is 18.6. The molecule has 1 aliphatic carbocycles. The van der Waals surface area contributed by atoms with Gasteiger partial charge in [-0.2, -0.15) is 5.10 Å². The summed E-state index contributed by atoms with van der Waals surface area (Å²) in [5.74, 6) is -0.812. The minimum Gasteiger partial charge on any atom is -0.506 e. The molecule has 0 saturated heterocycles. The summed E-state index contributed by atoms with van der Waals surface area (Å²) < 4.78 is 13.3. The summed E-state index contributed by atoms with van der Waals surface area (Å²) in [6.45, 7) is 2.99. The van der Waals surface area contributed by atoms with Crippen LogP contribution in [0.15, 0.2) is 79.1 Å². The lowest BCUT2D eigenvalue weighted by atomic mass is 9.94. The van der Waals surface area contributed by atoms with Crippen molar-refractivity contribution in [3.8, 4) is 22.6 Å². The lowest BCUT2D eigenvalue weighted by Gasteiger charge is -2.34. The van der Waals surface area contributed by atoms with Gasteiger partial charge in [0.1, 0.15) is 11.4 Å². The Morgan fingerprint density at radius 1 is 1.00 bits per heavy atom. The Bertz CT molecular complexity index is 1810. The Morgan fingerprint density at radius 2 is 1.76 bits per heavy atom. The van der Waals surface area contributed by atoms with Crippen LogP contribution in [0.1, 0.15) is 61.3 Å². The van der Waals surface area contributed by atoms with E-state index in [9.17, 15) is 19.5 Å². The molecule has 2 amide bonds. The molecule has 288 valence electrons.